The van der Waals surface area contributed by atoms with Gasteiger partial charge in [-0.25, -0.2) is 4.39 Å². The topological polar surface area (TPSA) is 41.9 Å². The number of carbonyl (C=O) groups excluding carboxylic acids is 1. The van der Waals surface area contributed by atoms with Crippen LogP contribution in [0.3, 0.4) is 0 Å². The van der Waals surface area contributed by atoms with E-state index in [9.17, 15) is 9.18 Å². The molecule has 0 bridgehead atoms. The largest absolute Gasteiger partial charge is 0.390 e. The highest BCUT2D eigenvalue weighted by atomic mass is 35.5. The van der Waals surface area contributed by atoms with Gasteiger partial charge in [-0.1, -0.05) is 53.5 Å². The molecule has 1 aliphatic heterocycles. The standard InChI is InChI=1S/C22H22ClFN2O2/c23-20-10-2-1-5-17(20)13-26(22(27)15-6-3-7-15)14-19-12-21(25-28-19)16-8-4-9-18(24)11-16/h1-2,4-5,8-11,15,19H,3,6-7,12-14H2/t19-/m1/s1. The van der Waals surface area contributed by atoms with Crippen molar-refractivity contribution < 1.29 is 14.0 Å². The van der Waals surface area contributed by atoms with Gasteiger partial charge < -0.3 is 9.74 Å². The zero-order valence-electron chi connectivity index (χ0n) is 15.5. The second-order valence-corrected chi connectivity index (χ2v) is 7.83. The van der Waals surface area contributed by atoms with Gasteiger partial charge in [-0.3, -0.25) is 4.79 Å². The summed E-state index contributed by atoms with van der Waals surface area (Å²) in [6, 6.07) is 13.9. The van der Waals surface area contributed by atoms with Crippen LogP contribution in [0.2, 0.25) is 5.02 Å². The molecule has 6 heteroatoms. The van der Waals surface area contributed by atoms with Crippen LogP contribution < -0.4 is 0 Å². The van der Waals surface area contributed by atoms with Crippen LogP contribution in [0, 0.1) is 11.7 Å². The van der Waals surface area contributed by atoms with Gasteiger partial charge in [0.15, 0.2) is 6.10 Å². The molecule has 0 aromatic heterocycles. The summed E-state index contributed by atoms with van der Waals surface area (Å²) in [7, 11) is 0. The van der Waals surface area contributed by atoms with Crippen molar-refractivity contribution in [2.45, 2.75) is 38.3 Å². The van der Waals surface area contributed by atoms with Crippen molar-refractivity contribution in [3.05, 3.63) is 70.5 Å². The number of nitrogens with zero attached hydrogens (tertiary/aromatic N) is 2. The molecule has 1 fully saturated rings. The second-order valence-electron chi connectivity index (χ2n) is 7.42. The van der Waals surface area contributed by atoms with Gasteiger partial charge in [-0.2, -0.15) is 0 Å². The van der Waals surface area contributed by atoms with E-state index < -0.39 is 0 Å². The van der Waals surface area contributed by atoms with Gasteiger partial charge in [0.05, 0.1) is 12.3 Å². The van der Waals surface area contributed by atoms with Crippen LogP contribution in [-0.2, 0) is 16.2 Å². The molecule has 0 radical (unpaired) electrons. The van der Waals surface area contributed by atoms with Crippen LogP contribution in [0.1, 0.15) is 36.8 Å². The van der Waals surface area contributed by atoms with Crippen molar-refractivity contribution in [1.82, 2.24) is 4.90 Å². The number of oxime groups is 1. The summed E-state index contributed by atoms with van der Waals surface area (Å²) in [5.41, 5.74) is 2.34. The van der Waals surface area contributed by atoms with Gasteiger partial charge >= 0.3 is 0 Å². The zero-order chi connectivity index (χ0) is 19.5. The van der Waals surface area contributed by atoms with Crippen molar-refractivity contribution in [2.24, 2.45) is 11.1 Å². The van der Waals surface area contributed by atoms with Crippen LogP contribution >= 0.6 is 11.6 Å². The predicted octanol–water partition coefficient (Wildman–Crippen LogP) is 4.80. The van der Waals surface area contributed by atoms with Gasteiger partial charge in [0.2, 0.25) is 5.91 Å². The highest BCUT2D eigenvalue weighted by molar-refractivity contribution is 6.31. The fourth-order valence-electron chi connectivity index (χ4n) is 3.59. The Morgan fingerprint density at radius 2 is 2.04 bits per heavy atom. The van der Waals surface area contributed by atoms with Crippen LogP contribution in [0.5, 0.6) is 0 Å². The number of amides is 1. The Balaban J connectivity index is 1.45. The number of hydrogen-bond donors (Lipinski definition) is 0. The summed E-state index contributed by atoms with van der Waals surface area (Å²) in [6.07, 6.45) is 3.27. The predicted molar refractivity (Wildman–Crippen MR) is 107 cm³/mol. The van der Waals surface area contributed by atoms with E-state index in [0.717, 1.165) is 24.8 Å². The third kappa shape index (κ3) is 4.20. The third-order valence-corrected chi connectivity index (χ3v) is 5.77. The minimum atomic E-state index is -0.302. The molecule has 1 aliphatic carbocycles. The molecule has 2 aliphatic rings. The maximum absolute atomic E-state index is 13.5. The summed E-state index contributed by atoms with van der Waals surface area (Å²) < 4.78 is 13.5. The van der Waals surface area contributed by atoms with Crippen molar-refractivity contribution in [3.63, 3.8) is 0 Å². The highest BCUT2D eigenvalue weighted by Gasteiger charge is 2.33. The Morgan fingerprint density at radius 1 is 1.21 bits per heavy atom. The molecule has 1 atom stereocenters. The van der Waals surface area contributed by atoms with E-state index in [1.54, 1.807) is 6.07 Å². The number of halogens is 2. The number of rotatable bonds is 6. The maximum Gasteiger partial charge on any atom is 0.226 e. The van der Waals surface area contributed by atoms with Gasteiger partial charge in [0.25, 0.3) is 0 Å². The lowest BCUT2D eigenvalue weighted by atomic mass is 9.84. The van der Waals surface area contributed by atoms with Gasteiger partial charge in [0, 0.05) is 29.5 Å². The summed E-state index contributed by atoms with van der Waals surface area (Å²) in [5.74, 6) is -0.0642. The Kier molecular flexibility index (Phi) is 5.62. The summed E-state index contributed by atoms with van der Waals surface area (Å²) in [4.78, 5) is 20.4. The molecule has 4 rings (SSSR count). The lowest BCUT2D eigenvalue weighted by molar-refractivity contribution is -0.140. The molecule has 0 N–H and O–H groups in total. The molecule has 1 saturated carbocycles. The Bertz CT molecular complexity index is 898. The van der Waals surface area contributed by atoms with E-state index in [0.29, 0.717) is 35.8 Å². The first kappa shape index (κ1) is 18.9. The Labute approximate surface area is 168 Å². The van der Waals surface area contributed by atoms with Crippen molar-refractivity contribution >= 4 is 23.2 Å². The van der Waals surface area contributed by atoms with E-state index in [2.05, 4.69) is 5.16 Å². The smallest absolute Gasteiger partial charge is 0.226 e. The number of benzene rings is 2. The Morgan fingerprint density at radius 3 is 2.75 bits per heavy atom. The first-order valence-corrected chi connectivity index (χ1v) is 9.99. The first-order chi connectivity index (χ1) is 13.6. The van der Waals surface area contributed by atoms with E-state index in [-0.39, 0.29) is 23.7 Å². The zero-order valence-corrected chi connectivity index (χ0v) is 16.2. The third-order valence-electron chi connectivity index (χ3n) is 5.40. The van der Waals surface area contributed by atoms with Gasteiger partial charge in [0.1, 0.15) is 5.82 Å². The number of carbonyl (C=O) groups is 1. The first-order valence-electron chi connectivity index (χ1n) is 9.61. The molecule has 0 unspecified atom stereocenters. The monoisotopic (exact) mass is 400 g/mol. The summed E-state index contributed by atoms with van der Waals surface area (Å²) in [5, 5.41) is 4.78. The Hall–Kier alpha value is -2.40. The molecule has 4 nitrogen and oxygen atoms in total. The van der Waals surface area contributed by atoms with Gasteiger partial charge in [-0.05, 0) is 36.6 Å². The lowest BCUT2D eigenvalue weighted by Gasteiger charge is -2.33. The molecule has 28 heavy (non-hydrogen) atoms. The molecular formula is C22H22ClFN2O2. The summed E-state index contributed by atoms with van der Waals surface area (Å²) in [6.45, 7) is 0.882. The van der Waals surface area contributed by atoms with Crippen LogP contribution in [0.4, 0.5) is 4.39 Å². The minimum Gasteiger partial charge on any atom is -0.390 e. The van der Waals surface area contributed by atoms with Crippen molar-refractivity contribution in [1.29, 1.82) is 0 Å². The van der Waals surface area contributed by atoms with Crippen molar-refractivity contribution in [2.75, 3.05) is 6.54 Å². The van der Waals surface area contributed by atoms with E-state index in [1.807, 2.05) is 35.2 Å². The molecular weight excluding hydrogens is 379 g/mol. The summed E-state index contributed by atoms with van der Waals surface area (Å²) >= 11 is 6.31. The van der Waals surface area contributed by atoms with Gasteiger partial charge in [-0.15, -0.1) is 0 Å². The molecule has 146 valence electrons. The SMILES string of the molecule is O=C(C1CCC1)N(Cc1ccccc1Cl)C[C@H]1CC(c2cccc(F)c2)=NO1. The van der Waals surface area contributed by atoms with Crippen molar-refractivity contribution in [3.8, 4) is 0 Å². The van der Waals surface area contributed by atoms with E-state index in [1.165, 1.54) is 12.1 Å². The average molecular weight is 401 g/mol. The number of hydrogen-bond acceptors (Lipinski definition) is 3. The normalized spacial score (nSPS) is 18.9. The molecule has 2 aromatic rings. The quantitative estimate of drug-likeness (QED) is 0.698. The average Bonchev–Trinajstić information content (AvgIpc) is 3.10. The molecule has 1 amide bonds. The van der Waals surface area contributed by atoms with Crippen LogP contribution in [0.25, 0.3) is 0 Å². The maximum atomic E-state index is 13.5. The molecule has 0 saturated heterocycles. The second kappa shape index (κ2) is 8.31. The highest BCUT2D eigenvalue weighted by Crippen LogP contribution is 2.30. The van der Waals surface area contributed by atoms with E-state index in [4.69, 9.17) is 16.4 Å². The van der Waals surface area contributed by atoms with E-state index >= 15 is 0 Å². The van der Waals surface area contributed by atoms with Crippen LogP contribution in [-0.4, -0.2) is 29.2 Å². The lowest BCUT2D eigenvalue weighted by Crippen LogP contribution is -2.42. The fraction of sp³-hybridized carbons (Fsp3) is 0.364. The van der Waals surface area contributed by atoms with Crippen LogP contribution in [0.15, 0.2) is 53.7 Å². The fourth-order valence-corrected chi connectivity index (χ4v) is 3.78. The molecule has 2 aromatic carbocycles. The minimum absolute atomic E-state index is 0.0903. The molecule has 1 heterocycles. The molecule has 0 spiro atoms.